The van der Waals surface area contributed by atoms with E-state index in [1.165, 1.54) is 0 Å². The Bertz CT molecular complexity index is 1230. The van der Waals surface area contributed by atoms with E-state index in [4.69, 9.17) is 0 Å². The number of fused-ring (bicyclic) bond motifs is 2. The number of hydrogen-bond acceptors (Lipinski definition) is 4. The summed E-state index contributed by atoms with van der Waals surface area (Å²) < 4.78 is 42.8. The number of nitrogens with zero attached hydrogens (tertiary/aromatic N) is 5. The normalized spacial score (nSPS) is 19.8. The van der Waals surface area contributed by atoms with E-state index in [1.807, 2.05) is 35.9 Å². The summed E-state index contributed by atoms with van der Waals surface area (Å²) in [6.07, 6.45) is -1.69. The molecule has 1 unspecified atom stereocenters. The van der Waals surface area contributed by atoms with Crippen LogP contribution in [0, 0.1) is 11.8 Å². The average molecular weight is 487 g/mol. The van der Waals surface area contributed by atoms with Crippen molar-refractivity contribution in [1.29, 1.82) is 0 Å². The van der Waals surface area contributed by atoms with Crippen molar-refractivity contribution in [3.8, 4) is 11.4 Å². The molecule has 35 heavy (non-hydrogen) atoms. The molecule has 0 saturated heterocycles. The molecule has 0 saturated carbocycles. The van der Waals surface area contributed by atoms with Gasteiger partial charge < -0.3 is 5.32 Å². The van der Waals surface area contributed by atoms with E-state index in [-0.39, 0.29) is 25.3 Å². The van der Waals surface area contributed by atoms with Crippen molar-refractivity contribution in [2.75, 3.05) is 0 Å². The second kappa shape index (κ2) is 9.13. The maximum atomic E-state index is 13.1. The molecule has 1 aromatic carbocycles. The standard InChI is InChI=1S/C25H29F3N6O/c1-3-19-22(20-12-15(2)8-10-33(20)31-19)24(35)29-14-16-4-6-17(7-5-16)23-30-21-13-18(25(26,27)28)9-11-34(21)32-23/h4-7,15,18H,3,8-14H2,1-2H3,(H,29,35)/t15-,18?/m1/s1. The largest absolute Gasteiger partial charge is 0.392 e. The van der Waals surface area contributed by atoms with Crippen LogP contribution >= 0.6 is 0 Å². The van der Waals surface area contributed by atoms with Crippen LogP contribution in [0.4, 0.5) is 13.2 Å². The highest BCUT2D eigenvalue weighted by atomic mass is 19.4. The number of halogens is 3. The lowest BCUT2D eigenvalue weighted by molar-refractivity contribution is -0.179. The monoisotopic (exact) mass is 486 g/mol. The second-order valence-electron chi connectivity index (χ2n) is 9.63. The quantitative estimate of drug-likeness (QED) is 0.582. The van der Waals surface area contributed by atoms with Crippen molar-refractivity contribution in [1.82, 2.24) is 29.9 Å². The van der Waals surface area contributed by atoms with Gasteiger partial charge in [0.15, 0.2) is 5.82 Å². The first-order valence-corrected chi connectivity index (χ1v) is 12.2. The Labute approximate surface area is 201 Å². The average Bonchev–Trinajstić information content (AvgIpc) is 3.42. The zero-order chi connectivity index (χ0) is 24.7. The number of amides is 1. The Kier molecular flexibility index (Phi) is 6.14. The van der Waals surface area contributed by atoms with Gasteiger partial charge in [-0.05, 0) is 37.2 Å². The number of hydrogen-bond donors (Lipinski definition) is 1. The maximum absolute atomic E-state index is 13.1. The summed E-state index contributed by atoms with van der Waals surface area (Å²) in [6, 6.07) is 7.44. The van der Waals surface area contributed by atoms with Crippen LogP contribution in [0.5, 0.6) is 0 Å². The van der Waals surface area contributed by atoms with Gasteiger partial charge in [0.25, 0.3) is 5.91 Å². The van der Waals surface area contributed by atoms with Crippen LogP contribution < -0.4 is 5.32 Å². The Balaban J connectivity index is 1.26. The molecule has 4 heterocycles. The molecule has 0 aliphatic carbocycles. The van der Waals surface area contributed by atoms with Crippen LogP contribution in [0.1, 0.15) is 59.8 Å². The van der Waals surface area contributed by atoms with E-state index in [1.54, 1.807) is 4.68 Å². The van der Waals surface area contributed by atoms with Gasteiger partial charge >= 0.3 is 6.18 Å². The molecule has 1 amide bonds. The molecular formula is C25H29F3N6O. The van der Waals surface area contributed by atoms with E-state index in [9.17, 15) is 18.0 Å². The first-order valence-electron chi connectivity index (χ1n) is 12.2. The summed E-state index contributed by atoms with van der Waals surface area (Å²) in [5.74, 6) is -0.147. The molecule has 0 radical (unpaired) electrons. The van der Waals surface area contributed by atoms with Crippen LogP contribution in [0.2, 0.25) is 0 Å². The molecule has 2 atom stereocenters. The van der Waals surface area contributed by atoms with E-state index in [2.05, 4.69) is 27.4 Å². The van der Waals surface area contributed by atoms with Crippen LogP contribution in [0.15, 0.2) is 24.3 Å². The van der Waals surface area contributed by atoms with Gasteiger partial charge in [0.2, 0.25) is 0 Å². The molecular weight excluding hydrogens is 457 g/mol. The Morgan fingerprint density at radius 3 is 2.54 bits per heavy atom. The lowest BCUT2D eigenvalue weighted by Gasteiger charge is -2.24. The summed E-state index contributed by atoms with van der Waals surface area (Å²) in [7, 11) is 0. The molecule has 10 heteroatoms. The smallest absolute Gasteiger partial charge is 0.348 e. The lowest BCUT2D eigenvalue weighted by Crippen LogP contribution is -2.31. The second-order valence-corrected chi connectivity index (χ2v) is 9.63. The van der Waals surface area contributed by atoms with E-state index in [0.29, 0.717) is 36.1 Å². The van der Waals surface area contributed by atoms with Gasteiger partial charge in [0.1, 0.15) is 5.82 Å². The van der Waals surface area contributed by atoms with Crippen molar-refractivity contribution in [3.63, 3.8) is 0 Å². The topological polar surface area (TPSA) is 77.6 Å². The molecule has 7 nitrogen and oxygen atoms in total. The number of rotatable bonds is 5. The third-order valence-corrected chi connectivity index (χ3v) is 7.06. The fraction of sp³-hybridized carbons (Fsp3) is 0.520. The van der Waals surface area contributed by atoms with Crippen molar-refractivity contribution >= 4 is 5.91 Å². The van der Waals surface area contributed by atoms with Gasteiger partial charge in [-0.2, -0.15) is 23.4 Å². The molecule has 186 valence electrons. The first-order chi connectivity index (χ1) is 16.7. The molecule has 5 rings (SSSR count). The summed E-state index contributed by atoms with van der Waals surface area (Å²) in [5, 5.41) is 12.1. The molecule has 2 aliphatic heterocycles. The molecule has 2 aliphatic rings. The predicted molar refractivity (Wildman–Crippen MR) is 124 cm³/mol. The highest BCUT2D eigenvalue weighted by molar-refractivity contribution is 5.96. The fourth-order valence-electron chi connectivity index (χ4n) is 4.98. The highest BCUT2D eigenvalue weighted by Gasteiger charge is 2.42. The number of alkyl halides is 3. The van der Waals surface area contributed by atoms with Crippen molar-refractivity contribution in [2.45, 2.75) is 71.8 Å². The van der Waals surface area contributed by atoms with Gasteiger partial charge in [-0.1, -0.05) is 38.1 Å². The molecule has 0 spiro atoms. The zero-order valence-electron chi connectivity index (χ0n) is 19.9. The number of nitrogens with one attached hydrogen (secondary N) is 1. The number of carbonyl (C=O) groups excluding carboxylic acids is 1. The van der Waals surface area contributed by atoms with Crippen molar-refractivity contribution in [2.24, 2.45) is 11.8 Å². The van der Waals surface area contributed by atoms with Crippen LogP contribution in [-0.2, 0) is 38.9 Å². The third-order valence-electron chi connectivity index (χ3n) is 7.06. The Morgan fingerprint density at radius 2 is 1.83 bits per heavy atom. The summed E-state index contributed by atoms with van der Waals surface area (Å²) in [5.41, 5.74) is 4.22. The van der Waals surface area contributed by atoms with Gasteiger partial charge in [0, 0.05) is 31.6 Å². The van der Waals surface area contributed by atoms with Crippen LogP contribution in [0.25, 0.3) is 11.4 Å². The van der Waals surface area contributed by atoms with E-state index in [0.717, 1.165) is 41.9 Å². The van der Waals surface area contributed by atoms with Gasteiger partial charge in [-0.3, -0.25) is 9.48 Å². The van der Waals surface area contributed by atoms with E-state index < -0.39 is 12.1 Å². The maximum Gasteiger partial charge on any atom is 0.392 e. The molecule has 3 aromatic rings. The van der Waals surface area contributed by atoms with Crippen molar-refractivity contribution < 1.29 is 18.0 Å². The zero-order valence-corrected chi connectivity index (χ0v) is 19.9. The van der Waals surface area contributed by atoms with Crippen molar-refractivity contribution in [3.05, 3.63) is 52.6 Å². The van der Waals surface area contributed by atoms with Gasteiger partial charge in [-0.15, -0.1) is 0 Å². The predicted octanol–water partition coefficient (Wildman–Crippen LogP) is 4.34. The number of aryl methyl sites for hydroxylation is 3. The van der Waals surface area contributed by atoms with E-state index >= 15 is 0 Å². The minimum atomic E-state index is -4.21. The summed E-state index contributed by atoms with van der Waals surface area (Å²) in [6.45, 7) is 5.64. The van der Waals surface area contributed by atoms with Crippen LogP contribution in [-0.4, -0.2) is 36.6 Å². The molecule has 1 N–H and O–H groups in total. The first kappa shape index (κ1) is 23.6. The fourth-order valence-corrected chi connectivity index (χ4v) is 4.98. The molecule has 2 aromatic heterocycles. The Morgan fingerprint density at radius 1 is 1.09 bits per heavy atom. The number of aromatic nitrogens is 5. The number of carbonyl (C=O) groups is 1. The number of benzene rings is 1. The molecule has 0 bridgehead atoms. The minimum Gasteiger partial charge on any atom is -0.348 e. The summed E-state index contributed by atoms with van der Waals surface area (Å²) >= 11 is 0. The minimum absolute atomic E-state index is 0.0250. The highest BCUT2D eigenvalue weighted by Crippen LogP contribution is 2.35. The van der Waals surface area contributed by atoms with Crippen LogP contribution in [0.3, 0.4) is 0 Å². The summed E-state index contributed by atoms with van der Waals surface area (Å²) in [4.78, 5) is 17.4. The molecule has 0 fully saturated rings. The van der Waals surface area contributed by atoms with Gasteiger partial charge in [-0.25, -0.2) is 9.67 Å². The lowest BCUT2D eigenvalue weighted by atomic mass is 9.95. The van der Waals surface area contributed by atoms with Gasteiger partial charge in [0.05, 0.1) is 22.9 Å². The third kappa shape index (κ3) is 4.70. The Hall–Kier alpha value is -3.17. The SMILES string of the molecule is CCc1nn2c(c1C(=O)NCc1ccc(-c3nc4n(n3)CCC(C(F)(F)F)C4)cc1)C[C@H](C)CC2.